The number of ether oxygens (including phenoxy) is 1. The molecule has 0 aliphatic carbocycles. The topological polar surface area (TPSA) is 48.8 Å². The van der Waals surface area contributed by atoms with Crippen LogP contribution in [0.5, 0.6) is 5.75 Å². The summed E-state index contributed by atoms with van der Waals surface area (Å²) in [5, 5.41) is 10.3. The fourth-order valence-electron chi connectivity index (χ4n) is 4.07. The molecule has 1 saturated heterocycles. The summed E-state index contributed by atoms with van der Waals surface area (Å²) in [5.74, 6) is -0.263. The second-order valence-corrected chi connectivity index (χ2v) is 7.77. The van der Waals surface area contributed by atoms with Crippen LogP contribution >= 0.6 is 0 Å². The Bertz CT molecular complexity index is 956. The SMILES string of the molecule is Cc1ccc(C2=CC=CN(c3ccc(OC(F)(F)F)cc3)C2N2CCCC(O)C2)cn1. The number of alkyl halides is 3. The number of benzene rings is 1. The second kappa shape index (κ2) is 8.72. The number of rotatable bonds is 4. The number of nitrogens with zero attached hydrogens (tertiary/aromatic N) is 3. The molecule has 2 aliphatic heterocycles. The van der Waals surface area contributed by atoms with Gasteiger partial charge in [0.05, 0.1) is 6.10 Å². The number of pyridine rings is 1. The number of aliphatic hydroxyl groups is 1. The number of aromatic nitrogens is 1. The average Bonchev–Trinajstić information content (AvgIpc) is 2.73. The molecule has 31 heavy (non-hydrogen) atoms. The van der Waals surface area contributed by atoms with Crippen LogP contribution in [0.3, 0.4) is 0 Å². The normalized spacial score (nSPS) is 22.4. The summed E-state index contributed by atoms with van der Waals surface area (Å²) >= 11 is 0. The molecule has 2 unspecified atom stereocenters. The fourth-order valence-corrected chi connectivity index (χ4v) is 4.07. The Hall–Kier alpha value is -2.84. The third-order valence-corrected chi connectivity index (χ3v) is 5.45. The van der Waals surface area contributed by atoms with Crippen molar-refractivity contribution in [1.29, 1.82) is 0 Å². The van der Waals surface area contributed by atoms with E-state index in [1.807, 2.05) is 48.5 Å². The zero-order chi connectivity index (χ0) is 22.0. The lowest BCUT2D eigenvalue weighted by Crippen LogP contribution is -2.52. The van der Waals surface area contributed by atoms with Crippen molar-refractivity contribution in [2.24, 2.45) is 0 Å². The summed E-state index contributed by atoms with van der Waals surface area (Å²) in [4.78, 5) is 8.62. The van der Waals surface area contributed by atoms with Crippen molar-refractivity contribution < 1.29 is 23.0 Å². The fraction of sp³-hybridized carbons (Fsp3) is 0.348. The Kier molecular flexibility index (Phi) is 6.02. The van der Waals surface area contributed by atoms with Crippen LogP contribution < -0.4 is 9.64 Å². The molecule has 1 aromatic heterocycles. The van der Waals surface area contributed by atoms with Gasteiger partial charge in [-0.25, -0.2) is 0 Å². The molecule has 0 amide bonds. The number of β-amino-alcohol motifs (C(OH)–C–C–N with tert-alkyl or cyclic N) is 1. The Morgan fingerprint density at radius 3 is 2.55 bits per heavy atom. The summed E-state index contributed by atoms with van der Waals surface area (Å²) in [6.45, 7) is 3.24. The van der Waals surface area contributed by atoms with E-state index in [1.54, 1.807) is 12.1 Å². The predicted molar refractivity (Wildman–Crippen MR) is 112 cm³/mol. The van der Waals surface area contributed by atoms with Crippen LogP contribution in [-0.2, 0) is 0 Å². The van der Waals surface area contributed by atoms with Crippen LogP contribution in [0.4, 0.5) is 18.9 Å². The molecule has 3 heterocycles. The molecule has 0 spiro atoms. The maximum Gasteiger partial charge on any atom is 0.573 e. The molecule has 2 aliphatic rings. The Balaban J connectivity index is 1.68. The molecule has 0 bridgehead atoms. The third kappa shape index (κ3) is 5.08. The molecule has 2 atom stereocenters. The highest BCUT2D eigenvalue weighted by Gasteiger charge is 2.34. The lowest BCUT2D eigenvalue weighted by molar-refractivity contribution is -0.274. The van der Waals surface area contributed by atoms with Crippen LogP contribution in [0.15, 0.2) is 60.9 Å². The van der Waals surface area contributed by atoms with E-state index >= 15 is 0 Å². The molecular formula is C23H24F3N3O2. The summed E-state index contributed by atoms with van der Waals surface area (Å²) < 4.78 is 41.6. The average molecular weight is 431 g/mol. The van der Waals surface area contributed by atoms with E-state index in [1.165, 1.54) is 12.1 Å². The Morgan fingerprint density at radius 1 is 1.13 bits per heavy atom. The number of aryl methyl sites for hydroxylation is 1. The molecular weight excluding hydrogens is 407 g/mol. The molecule has 1 N–H and O–H groups in total. The number of hydrogen-bond acceptors (Lipinski definition) is 5. The maximum atomic E-state index is 12.5. The van der Waals surface area contributed by atoms with E-state index in [0.29, 0.717) is 6.54 Å². The molecule has 1 aromatic carbocycles. The third-order valence-electron chi connectivity index (χ3n) is 5.45. The van der Waals surface area contributed by atoms with Crippen molar-refractivity contribution in [3.63, 3.8) is 0 Å². The molecule has 0 radical (unpaired) electrons. The van der Waals surface area contributed by atoms with Gasteiger partial charge in [0, 0.05) is 36.9 Å². The first-order valence-electron chi connectivity index (χ1n) is 10.2. The van der Waals surface area contributed by atoms with Gasteiger partial charge in [0.2, 0.25) is 0 Å². The standard InChI is InChI=1S/C23H24F3N3O2/c1-16-6-7-17(14-27-16)21-5-3-13-29(22(21)28-12-2-4-19(30)15-28)18-8-10-20(11-9-18)31-23(24,25)26/h3,5-11,13-14,19,22,30H,2,4,12,15H2,1H3. The molecule has 164 valence electrons. The van der Waals surface area contributed by atoms with E-state index < -0.39 is 12.5 Å². The van der Waals surface area contributed by atoms with Gasteiger partial charge < -0.3 is 14.7 Å². The minimum absolute atomic E-state index is 0.223. The number of hydrogen-bond donors (Lipinski definition) is 1. The lowest BCUT2D eigenvalue weighted by Gasteiger charge is -2.44. The Morgan fingerprint density at radius 2 is 1.90 bits per heavy atom. The molecule has 0 saturated carbocycles. The first kappa shape index (κ1) is 21.4. The highest BCUT2D eigenvalue weighted by atomic mass is 19.4. The van der Waals surface area contributed by atoms with Gasteiger partial charge in [-0.1, -0.05) is 12.1 Å². The van der Waals surface area contributed by atoms with Crippen LogP contribution in [0.25, 0.3) is 5.57 Å². The summed E-state index contributed by atoms with van der Waals surface area (Å²) in [6, 6.07) is 9.79. The largest absolute Gasteiger partial charge is 0.573 e. The number of allylic oxidation sites excluding steroid dienone is 2. The van der Waals surface area contributed by atoms with Gasteiger partial charge in [-0.2, -0.15) is 0 Å². The maximum absolute atomic E-state index is 12.5. The van der Waals surface area contributed by atoms with Crippen LogP contribution in [0.1, 0.15) is 24.1 Å². The van der Waals surface area contributed by atoms with Crippen molar-refractivity contribution in [3.05, 3.63) is 72.2 Å². The number of halogens is 3. The van der Waals surface area contributed by atoms with Gasteiger partial charge in [0.1, 0.15) is 11.9 Å². The summed E-state index contributed by atoms with van der Waals surface area (Å²) in [7, 11) is 0. The minimum Gasteiger partial charge on any atom is -0.406 e. The number of piperidine rings is 1. The van der Waals surface area contributed by atoms with Gasteiger partial charge in [-0.3, -0.25) is 9.88 Å². The first-order chi connectivity index (χ1) is 14.8. The van der Waals surface area contributed by atoms with Gasteiger partial charge in [-0.05, 0) is 67.3 Å². The highest BCUT2D eigenvalue weighted by Crippen LogP contribution is 2.35. The quantitative estimate of drug-likeness (QED) is 0.773. The molecule has 5 nitrogen and oxygen atoms in total. The van der Waals surface area contributed by atoms with E-state index in [9.17, 15) is 18.3 Å². The highest BCUT2D eigenvalue weighted by molar-refractivity contribution is 5.76. The number of aliphatic hydroxyl groups excluding tert-OH is 1. The van der Waals surface area contributed by atoms with E-state index in [-0.39, 0.29) is 11.9 Å². The zero-order valence-electron chi connectivity index (χ0n) is 17.1. The van der Waals surface area contributed by atoms with Crippen LogP contribution in [-0.4, -0.2) is 46.7 Å². The van der Waals surface area contributed by atoms with Crippen molar-refractivity contribution >= 4 is 11.3 Å². The predicted octanol–water partition coefficient (Wildman–Crippen LogP) is 4.49. The van der Waals surface area contributed by atoms with Crippen LogP contribution in [0, 0.1) is 6.92 Å². The van der Waals surface area contributed by atoms with Gasteiger partial charge in [-0.15, -0.1) is 13.2 Å². The van der Waals surface area contributed by atoms with E-state index in [4.69, 9.17) is 0 Å². The van der Waals surface area contributed by atoms with E-state index in [0.717, 1.165) is 41.9 Å². The number of anilines is 1. The molecule has 1 fully saturated rings. The van der Waals surface area contributed by atoms with Crippen molar-refractivity contribution in [1.82, 2.24) is 9.88 Å². The molecule has 2 aromatic rings. The van der Waals surface area contributed by atoms with Gasteiger partial charge in [0.15, 0.2) is 0 Å². The number of likely N-dealkylation sites (tertiary alicyclic amines) is 1. The van der Waals surface area contributed by atoms with Gasteiger partial charge in [0.25, 0.3) is 0 Å². The molecule has 8 heteroatoms. The monoisotopic (exact) mass is 431 g/mol. The van der Waals surface area contributed by atoms with E-state index in [2.05, 4.69) is 14.6 Å². The van der Waals surface area contributed by atoms with Crippen molar-refractivity contribution in [2.75, 3.05) is 18.0 Å². The lowest BCUT2D eigenvalue weighted by atomic mass is 9.97. The van der Waals surface area contributed by atoms with Crippen molar-refractivity contribution in [2.45, 2.75) is 38.4 Å². The summed E-state index contributed by atoms with van der Waals surface area (Å²) in [6.07, 6.45) is 3.92. The first-order valence-corrected chi connectivity index (χ1v) is 10.2. The summed E-state index contributed by atoms with van der Waals surface area (Å²) in [5.41, 5.74) is 3.61. The minimum atomic E-state index is -4.73. The Labute approximate surface area is 179 Å². The molecule has 4 rings (SSSR count). The second-order valence-electron chi connectivity index (χ2n) is 7.77. The smallest absolute Gasteiger partial charge is 0.406 e. The van der Waals surface area contributed by atoms with Crippen molar-refractivity contribution in [3.8, 4) is 5.75 Å². The zero-order valence-corrected chi connectivity index (χ0v) is 17.1. The van der Waals surface area contributed by atoms with Crippen LogP contribution in [0.2, 0.25) is 0 Å². The van der Waals surface area contributed by atoms with Gasteiger partial charge >= 0.3 is 6.36 Å².